The summed E-state index contributed by atoms with van der Waals surface area (Å²) in [7, 11) is 0. The van der Waals surface area contributed by atoms with Crippen LogP contribution in [0, 0.1) is 0 Å². The molecule has 0 radical (unpaired) electrons. The fourth-order valence-corrected chi connectivity index (χ4v) is 2.41. The molecule has 0 saturated carbocycles. The molecule has 5 nitrogen and oxygen atoms in total. The van der Waals surface area contributed by atoms with Crippen molar-refractivity contribution in [3.8, 4) is 10.8 Å². The van der Waals surface area contributed by atoms with E-state index in [4.69, 9.17) is 15.0 Å². The van der Waals surface area contributed by atoms with Crippen molar-refractivity contribution in [2.75, 3.05) is 12.3 Å². The van der Waals surface area contributed by atoms with E-state index in [1.54, 1.807) is 0 Å². The van der Waals surface area contributed by atoms with Crippen LogP contribution in [0.15, 0.2) is 16.0 Å². The Morgan fingerprint density at radius 3 is 2.83 bits per heavy atom. The summed E-state index contributed by atoms with van der Waals surface area (Å²) in [5.74, 6) is 1.02. The summed E-state index contributed by atoms with van der Waals surface area (Å²) in [5.41, 5.74) is 5.98. The number of thiophene rings is 1. The Morgan fingerprint density at radius 1 is 1.50 bits per heavy atom. The molecular formula is C12H17N3O2S. The molecule has 0 fully saturated rings. The quantitative estimate of drug-likeness (QED) is 0.901. The number of rotatable bonds is 5. The Balaban J connectivity index is 2.33. The molecule has 1 atom stereocenters. The van der Waals surface area contributed by atoms with Crippen LogP contribution in [0.25, 0.3) is 10.8 Å². The minimum atomic E-state index is -0.511. The zero-order valence-corrected chi connectivity index (χ0v) is 11.6. The lowest BCUT2D eigenvalue weighted by Gasteiger charge is -2.23. The molecule has 0 aromatic carbocycles. The number of nitrogen functional groups attached to an aromatic ring is 1. The number of hydrogen-bond acceptors (Lipinski definition) is 6. The van der Waals surface area contributed by atoms with Crippen molar-refractivity contribution in [3.63, 3.8) is 0 Å². The predicted molar refractivity (Wildman–Crippen MR) is 71.3 cm³/mol. The topological polar surface area (TPSA) is 74.2 Å². The molecule has 2 aromatic rings. The highest BCUT2D eigenvalue weighted by molar-refractivity contribution is 7.14. The number of aromatic nitrogens is 2. The van der Waals surface area contributed by atoms with Gasteiger partial charge in [0.1, 0.15) is 10.5 Å². The molecule has 0 aliphatic carbocycles. The first-order chi connectivity index (χ1) is 8.60. The maximum absolute atomic E-state index is 5.83. The highest BCUT2D eigenvalue weighted by Gasteiger charge is 2.31. The molecule has 2 aromatic heterocycles. The van der Waals surface area contributed by atoms with E-state index >= 15 is 0 Å². The maximum atomic E-state index is 5.83. The smallest absolute Gasteiger partial charge is 0.270 e. The molecule has 0 spiro atoms. The Kier molecular flexibility index (Phi) is 3.68. The van der Waals surface area contributed by atoms with Gasteiger partial charge < -0.3 is 15.0 Å². The Bertz CT molecular complexity index is 523. The monoisotopic (exact) mass is 267 g/mol. The van der Waals surface area contributed by atoms with Gasteiger partial charge in [0.25, 0.3) is 5.89 Å². The predicted octanol–water partition coefficient (Wildman–Crippen LogP) is 3.04. The Hall–Kier alpha value is -1.40. The van der Waals surface area contributed by atoms with Crippen LogP contribution in [0.3, 0.4) is 0 Å². The molecule has 18 heavy (non-hydrogen) atoms. The van der Waals surface area contributed by atoms with E-state index in [-0.39, 0.29) is 0 Å². The third-order valence-corrected chi connectivity index (χ3v) is 3.84. The van der Waals surface area contributed by atoms with Gasteiger partial charge in [0.05, 0.1) is 5.69 Å². The van der Waals surface area contributed by atoms with Gasteiger partial charge in [-0.25, -0.2) is 0 Å². The fourth-order valence-electron chi connectivity index (χ4n) is 1.67. The van der Waals surface area contributed by atoms with Crippen molar-refractivity contribution in [1.82, 2.24) is 10.1 Å². The molecule has 2 heterocycles. The van der Waals surface area contributed by atoms with Crippen molar-refractivity contribution in [2.45, 2.75) is 32.8 Å². The number of ether oxygens (including phenoxy) is 1. The lowest BCUT2D eigenvalue weighted by molar-refractivity contribution is -0.0403. The number of nitrogens with zero attached hydrogens (tertiary/aromatic N) is 2. The minimum Gasteiger partial charge on any atom is -0.397 e. The van der Waals surface area contributed by atoms with E-state index in [9.17, 15) is 0 Å². The van der Waals surface area contributed by atoms with Crippen molar-refractivity contribution in [1.29, 1.82) is 0 Å². The number of nitrogens with two attached hydrogens (primary N) is 1. The summed E-state index contributed by atoms with van der Waals surface area (Å²) in [6.07, 6.45) is 0.778. The van der Waals surface area contributed by atoms with E-state index in [2.05, 4.69) is 10.1 Å². The zero-order valence-electron chi connectivity index (χ0n) is 10.8. The van der Waals surface area contributed by atoms with Crippen molar-refractivity contribution in [2.24, 2.45) is 0 Å². The van der Waals surface area contributed by atoms with Crippen LogP contribution < -0.4 is 5.73 Å². The van der Waals surface area contributed by atoms with Gasteiger partial charge in [0, 0.05) is 6.61 Å². The highest BCUT2D eigenvalue weighted by atomic mass is 32.1. The molecule has 2 rings (SSSR count). The first kappa shape index (κ1) is 13.0. The average Bonchev–Trinajstić information content (AvgIpc) is 2.97. The summed E-state index contributed by atoms with van der Waals surface area (Å²) in [4.78, 5) is 5.21. The molecular weight excluding hydrogens is 250 g/mol. The van der Waals surface area contributed by atoms with E-state index in [0.29, 0.717) is 24.0 Å². The first-order valence-corrected chi connectivity index (χ1v) is 6.80. The molecule has 0 saturated heterocycles. The Morgan fingerprint density at radius 2 is 2.28 bits per heavy atom. The standard InChI is InChI=1S/C12H17N3O2S/c1-4-12(3,16-5-2)11-14-10(17-15-11)9-8(13)6-7-18-9/h6-7H,4-5,13H2,1-3H3. The van der Waals surface area contributed by atoms with Crippen LogP contribution >= 0.6 is 11.3 Å². The average molecular weight is 267 g/mol. The van der Waals surface area contributed by atoms with Gasteiger partial charge in [-0.3, -0.25) is 0 Å². The molecule has 0 amide bonds. The molecule has 98 valence electrons. The summed E-state index contributed by atoms with van der Waals surface area (Å²) >= 11 is 1.49. The second-order valence-electron chi connectivity index (χ2n) is 4.15. The lowest BCUT2D eigenvalue weighted by atomic mass is 10.0. The molecule has 0 bridgehead atoms. The van der Waals surface area contributed by atoms with Gasteiger partial charge in [0.2, 0.25) is 5.82 Å². The number of anilines is 1. The van der Waals surface area contributed by atoms with E-state index in [1.165, 1.54) is 11.3 Å². The molecule has 2 N–H and O–H groups in total. The molecule has 6 heteroatoms. The van der Waals surface area contributed by atoms with Crippen molar-refractivity contribution >= 4 is 17.0 Å². The van der Waals surface area contributed by atoms with Crippen LogP contribution in [0.4, 0.5) is 5.69 Å². The van der Waals surface area contributed by atoms with E-state index in [0.717, 1.165) is 11.3 Å². The van der Waals surface area contributed by atoms with Gasteiger partial charge in [-0.15, -0.1) is 11.3 Å². The lowest BCUT2D eigenvalue weighted by Crippen LogP contribution is -2.26. The first-order valence-electron chi connectivity index (χ1n) is 5.92. The second-order valence-corrected chi connectivity index (χ2v) is 5.06. The van der Waals surface area contributed by atoms with Crippen LogP contribution in [0.1, 0.15) is 33.0 Å². The summed E-state index contributed by atoms with van der Waals surface area (Å²) < 4.78 is 11.0. The maximum Gasteiger partial charge on any atom is 0.270 e. The second kappa shape index (κ2) is 5.07. The van der Waals surface area contributed by atoms with Gasteiger partial charge in [-0.05, 0) is 31.7 Å². The third-order valence-electron chi connectivity index (χ3n) is 2.93. The van der Waals surface area contributed by atoms with E-state index < -0.39 is 5.60 Å². The molecule has 1 unspecified atom stereocenters. The van der Waals surface area contributed by atoms with Crippen LogP contribution in [0.2, 0.25) is 0 Å². The van der Waals surface area contributed by atoms with Crippen LogP contribution in [-0.4, -0.2) is 16.7 Å². The number of hydrogen-bond donors (Lipinski definition) is 1. The van der Waals surface area contributed by atoms with Crippen molar-refractivity contribution in [3.05, 3.63) is 17.3 Å². The van der Waals surface area contributed by atoms with Crippen LogP contribution in [-0.2, 0) is 10.3 Å². The van der Waals surface area contributed by atoms with Gasteiger partial charge >= 0.3 is 0 Å². The SMILES string of the molecule is CCOC(C)(CC)c1noc(-c2sccc2N)n1. The van der Waals surface area contributed by atoms with Crippen LogP contribution in [0.5, 0.6) is 0 Å². The summed E-state index contributed by atoms with van der Waals surface area (Å²) in [6, 6.07) is 1.82. The van der Waals surface area contributed by atoms with Gasteiger partial charge in [0.15, 0.2) is 0 Å². The zero-order chi connectivity index (χ0) is 13.2. The van der Waals surface area contributed by atoms with Crippen molar-refractivity contribution < 1.29 is 9.26 Å². The molecule has 0 aliphatic heterocycles. The third kappa shape index (κ3) is 2.26. The summed E-state index contributed by atoms with van der Waals surface area (Å²) in [6.45, 7) is 6.55. The largest absolute Gasteiger partial charge is 0.397 e. The molecule has 0 aliphatic rings. The summed E-state index contributed by atoms with van der Waals surface area (Å²) in [5, 5.41) is 5.91. The van der Waals surface area contributed by atoms with Gasteiger partial charge in [-0.1, -0.05) is 12.1 Å². The van der Waals surface area contributed by atoms with Gasteiger partial charge in [-0.2, -0.15) is 4.98 Å². The fraction of sp³-hybridized carbons (Fsp3) is 0.500. The normalized spacial score (nSPS) is 14.6. The Labute approximate surface area is 110 Å². The highest BCUT2D eigenvalue weighted by Crippen LogP contribution is 2.33. The minimum absolute atomic E-state index is 0.455. The van der Waals surface area contributed by atoms with E-state index in [1.807, 2.05) is 32.2 Å².